The molecule has 0 fully saturated rings. The number of hydrogen-bond donors (Lipinski definition) is 1. The van der Waals surface area contributed by atoms with Crippen LogP contribution in [0.1, 0.15) is 24.1 Å². The highest BCUT2D eigenvalue weighted by Gasteiger charge is 2.05. The Labute approximate surface area is 101 Å². The zero-order valence-electron chi connectivity index (χ0n) is 10.1. The van der Waals surface area contributed by atoms with Crippen molar-refractivity contribution in [1.29, 1.82) is 0 Å². The minimum absolute atomic E-state index is 0.164. The molecular formula is C15H16FN. The lowest BCUT2D eigenvalue weighted by Crippen LogP contribution is -2.06. The molecule has 17 heavy (non-hydrogen) atoms. The molecule has 0 aliphatic carbocycles. The lowest BCUT2D eigenvalue weighted by Gasteiger charge is -2.16. The maximum absolute atomic E-state index is 12.8. The fourth-order valence-electron chi connectivity index (χ4n) is 1.82. The van der Waals surface area contributed by atoms with Gasteiger partial charge in [-0.2, -0.15) is 0 Å². The molecule has 2 heteroatoms. The van der Waals surface area contributed by atoms with Gasteiger partial charge in [0, 0.05) is 11.7 Å². The van der Waals surface area contributed by atoms with Crippen molar-refractivity contribution in [1.82, 2.24) is 0 Å². The lowest BCUT2D eigenvalue weighted by molar-refractivity contribution is 0.626. The van der Waals surface area contributed by atoms with E-state index in [1.165, 1.54) is 17.7 Å². The van der Waals surface area contributed by atoms with E-state index in [-0.39, 0.29) is 11.9 Å². The van der Waals surface area contributed by atoms with Crippen LogP contribution >= 0.6 is 0 Å². The molecule has 2 aromatic rings. The second-order valence-electron chi connectivity index (χ2n) is 4.29. The van der Waals surface area contributed by atoms with Gasteiger partial charge in [-0.15, -0.1) is 0 Å². The highest BCUT2D eigenvalue weighted by Crippen LogP contribution is 2.19. The van der Waals surface area contributed by atoms with Gasteiger partial charge in [0.2, 0.25) is 0 Å². The van der Waals surface area contributed by atoms with Crippen molar-refractivity contribution in [2.45, 2.75) is 19.9 Å². The number of anilines is 1. The van der Waals surface area contributed by atoms with Crippen LogP contribution in [0.15, 0.2) is 48.5 Å². The van der Waals surface area contributed by atoms with Crippen LogP contribution in [0.3, 0.4) is 0 Å². The topological polar surface area (TPSA) is 12.0 Å². The smallest absolute Gasteiger partial charge is 0.123 e. The first-order valence-electron chi connectivity index (χ1n) is 5.74. The van der Waals surface area contributed by atoms with Crippen LogP contribution in [0.25, 0.3) is 0 Å². The molecule has 0 spiro atoms. The summed E-state index contributed by atoms with van der Waals surface area (Å²) >= 11 is 0. The summed E-state index contributed by atoms with van der Waals surface area (Å²) in [5.74, 6) is -0.198. The summed E-state index contributed by atoms with van der Waals surface area (Å²) < 4.78 is 12.8. The summed E-state index contributed by atoms with van der Waals surface area (Å²) in [7, 11) is 0. The quantitative estimate of drug-likeness (QED) is 0.827. The molecule has 1 nitrogen and oxygen atoms in total. The Morgan fingerprint density at radius 3 is 2.41 bits per heavy atom. The van der Waals surface area contributed by atoms with Crippen molar-refractivity contribution in [3.05, 3.63) is 65.5 Å². The van der Waals surface area contributed by atoms with Crippen LogP contribution in [-0.2, 0) is 0 Å². The van der Waals surface area contributed by atoms with Gasteiger partial charge in [0.15, 0.2) is 0 Å². The number of rotatable bonds is 3. The normalized spacial score (nSPS) is 12.2. The van der Waals surface area contributed by atoms with Crippen LogP contribution in [0.5, 0.6) is 0 Å². The van der Waals surface area contributed by atoms with Gasteiger partial charge in [0.1, 0.15) is 5.82 Å². The van der Waals surface area contributed by atoms with Crippen molar-refractivity contribution >= 4 is 5.69 Å². The van der Waals surface area contributed by atoms with E-state index in [0.29, 0.717) is 0 Å². The predicted octanol–water partition coefficient (Wildman–Crippen LogP) is 4.31. The molecule has 0 aliphatic rings. The van der Waals surface area contributed by atoms with Gasteiger partial charge in [0.25, 0.3) is 0 Å². The van der Waals surface area contributed by atoms with Gasteiger partial charge in [-0.3, -0.25) is 0 Å². The van der Waals surface area contributed by atoms with E-state index in [0.717, 1.165) is 11.3 Å². The molecule has 0 radical (unpaired) electrons. The second-order valence-corrected chi connectivity index (χ2v) is 4.29. The van der Waals surface area contributed by atoms with Gasteiger partial charge >= 0.3 is 0 Å². The monoisotopic (exact) mass is 229 g/mol. The molecule has 0 bridgehead atoms. The molecule has 1 atom stereocenters. The van der Waals surface area contributed by atoms with E-state index in [1.54, 1.807) is 0 Å². The van der Waals surface area contributed by atoms with Crippen molar-refractivity contribution in [3.63, 3.8) is 0 Å². The maximum atomic E-state index is 12.8. The fraction of sp³-hybridized carbons (Fsp3) is 0.200. The number of nitrogens with one attached hydrogen (secondary N) is 1. The van der Waals surface area contributed by atoms with Crippen LogP contribution in [0.2, 0.25) is 0 Å². The average Bonchev–Trinajstić information content (AvgIpc) is 2.29. The van der Waals surface area contributed by atoms with Crippen LogP contribution in [-0.4, -0.2) is 0 Å². The molecule has 1 unspecified atom stereocenters. The van der Waals surface area contributed by atoms with Crippen molar-refractivity contribution in [3.8, 4) is 0 Å². The summed E-state index contributed by atoms with van der Waals surface area (Å²) in [6.07, 6.45) is 0. The summed E-state index contributed by atoms with van der Waals surface area (Å²) in [5.41, 5.74) is 3.39. The molecule has 0 heterocycles. The zero-order valence-corrected chi connectivity index (χ0v) is 10.1. The first-order valence-corrected chi connectivity index (χ1v) is 5.74. The maximum Gasteiger partial charge on any atom is 0.123 e. The standard InChI is InChI=1S/C15H16FN/c1-11-4-3-5-15(10-11)17-12(2)13-6-8-14(16)9-7-13/h3-10,12,17H,1-2H3. The van der Waals surface area contributed by atoms with Crippen molar-refractivity contribution < 1.29 is 4.39 Å². The summed E-state index contributed by atoms with van der Waals surface area (Å²) in [5, 5.41) is 3.40. The molecule has 88 valence electrons. The third-order valence-corrected chi connectivity index (χ3v) is 2.77. The number of halogens is 1. The molecule has 1 N–H and O–H groups in total. The third-order valence-electron chi connectivity index (χ3n) is 2.77. The van der Waals surface area contributed by atoms with Crippen molar-refractivity contribution in [2.24, 2.45) is 0 Å². The second kappa shape index (κ2) is 5.00. The largest absolute Gasteiger partial charge is 0.379 e. The number of benzene rings is 2. The lowest BCUT2D eigenvalue weighted by atomic mass is 10.1. The SMILES string of the molecule is Cc1cccc(NC(C)c2ccc(F)cc2)c1. The first-order chi connectivity index (χ1) is 8.15. The van der Waals surface area contributed by atoms with Gasteiger partial charge in [-0.25, -0.2) is 4.39 Å². The molecule has 0 aromatic heterocycles. The zero-order chi connectivity index (χ0) is 12.3. The Morgan fingerprint density at radius 2 is 1.76 bits per heavy atom. The fourth-order valence-corrected chi connectivity index (χ4v) is 1.82. The minimum Gasteiger partial charge on any atom is -0.379 e. The van der Waals surface area contributed by atoms with E-state index in [2.05, 4.69) is 31.3 Å². The molecular weight excluding hydrogens is 213 g/mol. The molecule has 2 rings (SSSR count). The number of hydrogen-bond acceptors (Lipinski definition) is 1. The Balaban J connectivity index is 2.11. The first kappa shape index (κ1) is 11.6. The van der Waals surface area contributed by atoms with Gasteiger partial charge in [-0.1, -0.05) is 24.3 Å². The third kappa shape index (κ3) is 3.06. The van der Waals surface area contributed by atoms with E-state index in [9.17, 15) is 4.39 Å². The Morgan fingerprint density at radius 1 is 1.06 bits per heavy atom. The van der Waals surface area contributed by atoms with Crippen molar-refractivity contribution in [2.75, 3.05) is 5.32 Å². The summed E-state index contributed by atoms with van der Waals surface area (Å²) in [4.78, 5) is 0. The molecule has 0 amide bonds. The van der Waals surface area contributed by atoms with Crippen LogP contribution in [0.4, 0.5) is 10.1 Å². The van der Waals surface area contributed by atoms with Crippen LogP contribution in [0, 0.1) is 12.7 Å². The Hall–Kier alpha value is -1.83. The predicted molar refractivity (Wildman–Crippen MR) is 69.6 cm³/mol. The van der Waals surface area contributed by atoms with E-state index in [4.69, 9.17) is 0 Å². The highest BCUT2D eigenvalue weighted by molar-refractivity contribution is 5.47. The van der Waals surface area contributed by atoms with E-state index < -0.39 is 0 Å². The molecule has 0 aliphatic heterocycles. The molecule has 0 saturated carbocycles. The highest BCUT2D eigenvalue weighted by atomic mass is 19.1. The van der Waals surface area contributed by atoms with Crippen LogP contribution < -0.4 is 5.32 Å². The van der Waals surface area contributed by atoms with E-state index in [1.807, 2.05) is 24.3 Å². The summed E-state index contributed by atoms with van der Waals surface area (Å²) in [6, 6.07) is 15.0. The average molecular weight is 229 g/mol. The number of aryl methyl sites for hydroxylation is 1. The van der Waals surface area contributed by atoms with E-state index >= 15 is 0 Å². The van der Waals surface area contributed by atoms with Gasteiger partial charge in [0.05, 0.1) is 0 Å². The molecule has 0 saturated heterocycles. The van der Waals surface area contributed by atoms with Gasteiger partial charge < -0.3 is 5.32 Å². The molecule has 2 aromatic carbocycles. The Kier molecular flexibility index (Phi) is 3.43. The summed E-state index contributed by atoms with van der Waals surface area (Å²) in [6.45, 7) is 4.13. The van der Waals surface area contributed by atoms with Gasteiger partial charge in [-0.05, 0) is 49.2 Å². The Bertz CT molecular complexity index is 491. The minimum atomic E-state index is -0.198.